The van der Waals surface area contributed by atoms with Crippen molar-refractivity contribution < 1.29 is 0 Å². The molecule has 0 saturated heterocycles. The van der Waals surface area contributed by atoms with Crippen LogP contribution in [0.2, 0.25) is 0 Å². The highest BCUT2D eigenvalue weighted by Crippen LogP contribution is 2.34. The first-order chi connectivity index (χ1) is 12.8. The molecule has 0 aliphatic carbocycles. The van der Waals surface area contributed by atoms with E-state index in [2.05, 4.69) is 101 Å². The quantitative estimate of drug-likeness (QED) is 0.595. The zero-order valence-electron chi connectivity index (χ0n) is 14.3. The van der Waals surface area contributed by atoms with Gasteiger partial charge in [-0.2, -0.15) is 4.68 Å². The lowest BCUT2D eigenvalue weighted by Crippen LogP contribution is -2.20. The van der Waals surface area contributed by atoms with Gasteiger partial charge >= 0.3 is 0 Å². The fourth-order valence-corrected chi connectivity index (χ4v) is 3.49. The summed E-state index contributed by atoms with van der Waals surface area (Å²) in [4.78, 5) is 0. The molecule has 1 N–H and O–H groups in total. The number of anilines is 1. The van der Waals surface area contributed by atoms with E-state index in [4.69, 9.17) is 0 Å². The minimum atomic E-state index is -0.0661. The molecule has 5 heteroatoms. The van der Waals surface area contributed by atoms with E-state index in [0.717, 1.165) is 11.3 Å². The van der Waals surface area contributed by atoms with Crippen LogP contribution in [0.4, 0.5) is 5.95 Å². The largest absolute Gasteiger partial charge is 0.323 e. The van der Waals surface area contributed by atoms with Gasteiger partial charge in [-0.25, -0.2) is 0 Å². The van der Waals surface area contributed by atoms with Gasteiger partial charge in [0.2, 0.25) is 5.95 Å². The third-order valence-corrected chi connectivity index (χ3v) is 4.83. The summed E-state index contributed by atoms with van der Waals surface area (Å²) in [6, 6.07) is 23.2. The number of aromatic nitrogens is 4. The third kappa shape index (κ3) is 2.37. The molecule has 1 aliphatic rings. The molecule has 0 amide bonds. The predicted octanol–water partition coefficient (Wildman–Crippen LogP) is 4.19. The maximum absolute atomic E-state index is 4.21. The van der Waals surface area contributed by atoms with Crippen LogP contribution in [0.3, 0.4) is 0 Å². The number of hydrogen-bond donors (Lipinski definition) is 1. The minimum absolute atomic E-state index is 0.0661. The van der Waals surface area contributed by atoms with Gasteiger partial charge in [-0.3, -0.25) is 0 Å². The van der Waals surface area contributed by atoms with Gasteiger partial charge in [0.25, 0.3) is 0 Å². The van der Waals surface area contributed by atoms with Crippen molar-refractivity contribution in [1.82, 2.24) is 20.2 Å². The molecule has 1 aliphatic heterocycles. The van der Waals surface area contributed by atoms with Gasteiger partial charge in [0.1, 0.15) is 6.04 Å². The number of nitrogens with zero attached hydrogens (tertiary/aromatic N) is 4. The van der Waals surface area contributed by atoms with Crippen LogP contribution in [0.25, 0.3) is 16.5 Å². The standard InChI is InChI=1S/C21H17N5/c1-14-9-11-16(12-10-14)19-13-20(26-21(22-19)23-24-25-26)18-8-4-6-15-5-2-3-7-17(15)18/h2-13,20H,1H3,(H,22,23,25)/t20-/m0/s1. The highest BCUT2D eigenvalue weighted by molar-refractivity contribution is 5.87. The Hall–Kier alpha value is -3.47. The summed E-state index contributed by atoms with van der Waals surface area (Å²) in [5.41, 5.74) is 4.56. The zero-order chi connectivity index (χ0) is 17.5. The second-order valence-corrected chi connectivity index (χ2v) is 6.53. The fraction of sp³-hybridized carbons (Fsp3) is 0.0952. The zero-order valence-corrected chi connectivity index (χ0v) is 14.3. The van der Waals surface area contributed by atoms with Crippen LogP contribution >= 0.6 is 0 Å². The van der Waals surface area contributed by atoms with Gasteiger partial charge in [0.15, 0.2) is 0 Å². The van der Waals surface area contributed by atoms with Gasteiger partial charge in [0, 0.05) is 5.70 Å². The Morgan fingerprint density at radius 2 is 1.73 bits per heavy atom. The normalized spacial score (nSPS) is 16.0. The molecule has 4 aromatic rings. The topological polar surface area (TPSA) is 55.6 Å². The van der Waals surface area contributed by atoms with E-state index in [1.807, 2.05) is 4.68 Å². The molecule has 3 aromatic carbocycles. The molecule has 0 bridgehead atoms. The molecule has 0 unspecified atom stereocenters. The van der Waals surface area contributed by atoms with Crippen molar-refractivity contribution >= 4 is 22.4 Å². The lowest BCUT2D eigenvalue weighted by molar-refractivity contribution is 0.589. The highest BCUT2D eigenvalue weighted by Gasteiger charge is 2.25. The Morgan fingerprint density at radius 3 is 2.62 bits per heavy atom. The first-order valence-corrected chi connectivity index (χ1v) is 8.61. The number of rotatable bonds is 2. The van der Waals surface area contributed by atoms with Crippen LogP contribution in [-0.4, -0.2) is 20.2 Å². The van der Waals surface area contributed by atoms with Crippen molar-refractivity contribution in [2.24, 2.45) is 0 Å². The highest BCUT2D eigenvalue weighted by atomic mass is 15.6. The van der Waals surface area contributed by atoms with Gasteiger partial charge in [0.05, 0.1) is 0 Å². The molecule has 1 atom stereocenters. The number of tetrazole rings is 1. The van der Waals surface area contributed by atoms with Crippen molar-refractivity contribution in [3.63, 3.8) is 0 Å². The number of aryl methyl sites for hydroxylation is 1. The van der Waals surface area contributed by atoms with Crippen LogP contribution in [0.5, 0.6) is 0 Å². The maximum atomic E-state index is 4.21. The number of benzene rings is 3. The molecule has 0 radical (unpaired) electrons. The number of allylic oxidation sites excluding steroid dienone is 1. The summed E-state index contributed by atoms with van der Waals surface area (Å²) in [6.07, 6.45) is 2.19. The average molecular weight is 339 g/mol. The van der Waals surface area contributed by atoms with Gasteiger partial charge < -0.3 is 5.32 Å². The molecule has 1 aromatic heterocycles. The van der Waals surface area contributed by atoms with Gasteiger partial charge in [-0.1, -0.05) is 77.4 Å². The van der Waals surface area contributed by atoms with E-state index in [1.54, 1.807) is 0 Å². The van der Waals surface area contributed by atoms with Crippen LogP contribution in [-0.2, 0) is 0 Å². The smallest absolute Gasteiger partial charge is 0.248 e. The lowest BCUT2D eigenvalue weighted by atomic mass is 9.96. The van der Waals surface area contributed by atoms with Crippen molar-refractivity contribution in [1.29, 1.82) is 0 Å². The van der Waals surface area contributed by atoms with E-state index in [9.17, 15) is 0 Å². The molecule has 0 fully saturated rings. The van der Waals surface area contributed by atoms with Crippen LogP contribution < -0.4 is 5.32 Å². The SMILES string of the molecule is Cc1ccc(C2=C[C@@H](c3cccc4ccccc34)n3nnnc3N2)cc1. The average Bonchev–Trinajstić information content (AvgIpc) is 3.16. The maximum Gasteiger partial charge on any atom is 0.248 e. The molecule has 2 heterocycles. The van der Waals surface area contributed by atoms with Crippen molar-refractivity contribution in [2.45, 2.75) is 13.0 Å². The number of fused-ring (bicyclic) bond motifs is 2. The molecule has 5 rings (SSSR count). The monoisotopic (exact) mass is 339 g/mol. The molecule has 5 nitrogen and oxygen atoms in total. The second kappa shape index (κ2) is 5.81. The molecule has 126 valence electrons. The van der Waals surface area contributed by atoms with E-state index in [-0.39, 0.29) is 6.04 Å². The summed E-state index contributed by atoms with van der Waals surface area (Å²) in [7, 11) is 0. The molecule has 26 heavy (non-hydrogen) atoms. The van der Waals surface area contributed by atoms with Gasteiger partial charge in [-0.15, -0.1) is 0 Å². The molecular weight excluding hydrogens is 322 g/mol. The Morgan fingerprint density at radius 1 is 0.923 bits per heavy atom. The first kappa shape index (κ1) is 14.8. The van der Waals surface area contributed by atoms with Crippen LogP contribution in [0, 0.1) is 6.92 Å². The van der Waals surface area contributed by atoms with E-state index in [1.165, 1.54) is 21.9 Å². The molecule has 0 spiro atoms. The van der Waals surface area contributed by atoms with Crippen molar-refractivity contribution in [3.8, 4) is 0 Å². The van der Waals surface area contributed by atoms with E-state index in [0.29, 0.717) is 5.95 Å². The summed E-state index contributed by atoms with van der Waals surface area (Å²) in [5, 5.41) is 18.0. The Balaban J connectivity index is 1.70. The first-order valence-electron chi connectivity index (χ1n) is 8.61. The van der Waals surface area contributed by atoms with Crippen LogP contribution in [0.15, 0.2) is 72.8 Å². The Bertz CT molecular complexity index is 1120. The van der Waals surface area contributed by atoms with Gasteiger partial charge in [-0.05, 0) is 45.3 Å². The molecule has 0 saturated carbocycles. The third-order valence-electron chi connectivity index (χ3n) is 4.83. The Labute approximate surface area is 151 Å². The van der Waals surface area contributed by atoms with Crippen LogP contribution in [0.1, 0.15) is 22.7 Å². The fourth-order valence-electron chi connectivity index (χ4n) is 3.49. The van der Waals surface area contributed by atoms with Crippen molar-refractivity contribution in [2.75, 3.05) is 5.32 Å². The summed E-state index contributed by atoms with van der Waals surface area (Å²) in [6.45, 7) is 2.09. The minimum Gasteiger partial charge on any atom is -0.323 e. The predicted molar refractivity (Wildman–Crippen MR) is 103 cm³/mol. The Kier molecular flexibility index (Phi) is 3.31. The second-order valence-electron chi connectivity index (χ2n) is 6.53. The summed E-state index contributed by atoms with van der Waals surface area (Å²) >= 11 is 0. The summed E-state index contributed by atoms with van der Waals surface area (Å²) in [5.74, 6) is 0.654. The van der Waals surface area contributed by atoms with Crippen molar-refractivity contribution in [3.05, 3.63) is 89.5 Å². The van der Waals surface area contributed by atoms with E-state index < -0.39 is 0 Å². The van der Waals surface area contributed by atoms with E-state index >= 15 is 0 Å². The summed E-state index contributed by atoms with van der Waals surface area (Å²) < 4.78 is 1.83. The number of nitrogens with one attached hydrogen (secondary N) is 1. The number of hydrogen-bond acceptors (Lipinski definition) is 4. The molecular formula is C21H17N5. The lowest BCUT2D eigenvalue weighted by Gasteiger charge is -2.24.